The van der Waals surface area contributed by atoms with E-state index in [4.69, 9.17) is 11.5 Å². The molecule has 0 radical (unpaired) electrons. The molecule has 4 heteroatoms. The molecule has 4 nitrogen and oxygen atoms in total. The van der Waals surface area contributed by atoms with Gasteiger partial charge in [0.25, 0.3) is 0 Å². The molecule has 15 heavy (non-hydrogen) atoms. The topological polar surface area (TPSA) is 72.3 Å². The maximum absolute atomic E-state index is 10.7. The second kappa shape index (κ2) is 6.08. The second-order valence-corrected chi connectivity index (χ2v) is 4.49. The Morgan fingerprint density at radius 1 is 1.47 bits per heavy atom. The fourth-order valence-corrected chi connectivity index (χ4v) is 2.08. The van der Waals surface area contributed by atoms with Crippen LogP contribution in [0.3, 0.4) is 0 Å². The van der Waals surface area contributed by atoms with E-state index in [1.54, 1.807) is 0 Å². The van der Waals surface area contributed by atoms with E-state index in [1.807, 2.05) is 0 Å². The SMILES string of the molecule is CCC1CCN(CCC(N)C(N)=O)CC1. The molecule has 88 valence electrons. The van der Waals surface area contributed by atoms with Gasteiger partial charge in [-0.2, -0.15) is 0 Å². The lowest BCUT2D eigenvalue weighted by molar-refractivity contribution is -0.119. The Morgan fingerprint density at radius 2 is 2.07 bits per heavy atom. The highest BCUT2D eigenvalue weighted by molar-refractivity contribution is 5.79. The Labute approximate surface area is 92.0 Å². The van der Waals surface area contributed by atoms with Crippen molar-refractivity contribution < 1.29 is 4.79 Å². The number of hydrogen-bond donors (Lipinski definition) is 2. The highest BCUT2D eigenvalue weighted by Crippen LogP contribution is 2.19. The fraction of sp³-hybridized carbons (Fsp3) is 0.909. The van der Waals surface area contributed by atoms with E-state index >= 15 is 0 Å². The van der Waals surface area contributed by atoms with Crippen LogP contribution in [0.1, 0.15) is 32.6 Å². The first kappa shape index (κ1) is 12.5. The van der Waals surface area contributed by atoms with Gasteiger partial charge < -0.3 is 16.4 Å². The Morgan fingerprint density at radius 3 is 2.53 bits per heavy atom. The van der Waals surface area contributed by atoms with E-state index in [9.17, 15) is 4.79 Å². The fourth-order valence-electron chi connectivity index (χ4n) is 2.08. The van der Waals surface area contributed by atoms with Crippen molar-refractivity contribution >= 4 is 5.91 Å². The predicted octanol–water partition coefficient (Wildman–Crippen LogP) is 0.311. The number of nitrogens with two attached hydrogens (primary N) is 2. The molecule has 0 aromatic rings. The minimum Gasteiger partial charge on any atom is -0.368 e. The Kier molecular flexibility index (Phi) is 5.05. The molecule has 1 heterocycles. The molecule has 0 saturated carbocycles. The lowest BCUT2D eigenvalue weighted by Gasteiger charge is -2.31. The molecule has 1 saturated heterocycles. The molecule has 0 bridgehead atoms. The average Bonchev–Trinajstić information content (AvgIpc) is 2.26. The molecular weight excluding hydrogens is 190 g/mol. The van der Waals surface area contributed by atoms with Crippen LogP contribution in [0.2, 0.25) is 0 Å². The number of primary amides is 1. The summed E-state index contributed by atoms with van der Waals surface area (Å²) in [6.07, 6.45) is 4.53. The standard InChI is InChI=1S/C11H23N3O/c1-2-9-3-6-14(7-4-9)8-5-10(12)11(13)15/h9-10H,2-8,12H2,1H3,(H2,13,15). The molecule has 0 aromatic heterocycles. The van der Waals surface area contributed by atoms with Crippen LogP contribution in [-0.2, 0) is 4.79 Å². The molecule has 1 atom stereocenters. The van der Waals surface area contributed by atoms with Gasteiger partial charge >= 0.3 is 0 Å². The quantitative estimate of drug-likeness (QED) is 0.690. The molecule has 1 aliphatic heterocycles. The van der Waals surface area contributed by atoms with E-state index in [0.717, 1.165) is 25.6 Å². The van der Waals surface area contributed by atoms with Crippen LogP contribution < -0.4 is 11.5 Å². The van der Waals surface area contributed by atoms with Crippen molar-refractivity contribution in [2.24, 2.45) is 17.4 Å². The normalized spacial score (nSPS) is 21.5. The number of carbonyl (C=O) groups excluding carboxylic acids is 1. The van der Waals surface area contributed by atoms with Gasteiger partial charge in [-0.15, -0.1) is 0 Å². The predicted molar refractivity (Wildman–Crippen MR) is 61.2 cm³/mol. The number of hydrogen-bond acceptors (Lipinski definition) is 3. The van der Waals surface area contributed by atoms with Crippen molar-refractivity contribution in [2.45, 2.75) is 38.6 Å². The third-order valence-electron chi connectivity index (χ3n) is 3.41. The summed E-state index contributed by atoms with van der Waals surface area (Å²) >= 11 is 0. The Hall–Kier alpha value is -0.610. The van der Waals surface area contributed by atoms with Gasteiger partial charge in [-0.3, -0.25) is 4.79 Å². The van der Waals surface area contributed by atoms with Crippen molar-refractivity contribution in [3.05, 3.63) is 0 Å². The summed E-state index contributed by atoms with van der Waals surface area (Å²) in [5.74, 6) is 0.504. The van der Waals surface area contributed by atoms with Gasteiger partial charge in [0, 0.05) is 6.54 Å². The molecule has 4 N–H and O–H groups in total. The van der Waals surface area contributed by atoms with E-state index in [0.29, 0.717) is 6.42 Å². The van der Waals surface area contributed by atoms with Gasteiger partial charge in [0.05, 0.1) is 6.04 Å². The Bertz CT molecular complexity index is 200. The molecule has 0 aliphatic carbocycles. The zero-order valence-electron chi connectivity index (χ0n) is 9.61. The summed E-state index contributed by atoms with van der Waals surface area (Å²) in [5, 5.41) is 0. The number of likely N-dealkylation sites (tertiary alicyclic amines) is 1. The number of carbonyl (C=O) groups is 1. The number of amides is 1. The van der Waals surface area contributed by atoms with Crippen LogP contribution in [-0.4, -0.2) is 36.5 Å². The van der Waals surface area contributed by atoms with Gasteiger partial charge in [0.1, 0.15) is 0 Å². The largest absolute Gasteiger partial charge is 0.368 e. The third-order valence-corrected chi connectivity index (χ3v) is 3.41. The highest BCUT2D eigenvalue weighted by Gasteiger charge is 2.18. The second-order valence-electron chi connectivity index (χ2n) is 4.49. The van der Waals surface area contributed by atoms with Gasteiger partial charge in [-0.1, -0.05) is 13.3 Å². The van der Waals surface area contributed by atoms with Crippen molar-refractivity contribution in [2.75, 3.05) is 19.6 Å². The van der Waals surface area contributed by atoms with Crippen molar-refractivity contribution in [3.63, 3.8) is 0 Å². The van der Waals surface area contributed by atoms with Gasteiger partial charge in [-0.05, 0) is 38.3 Å². The van der Waals surface area contributed by atoms with Crippen LogP contribution in [0.15, 0.2) is 0 Å². The summed E-state index contributed by atoms with van der Waals surface area (Å²) < 4.78 is 0. The van der Waals surface area contributed by atoms with E-state index in [2.05, 4.69) is 11.8 Å². The molecule has 1 rings (SSSR count). The molecule has 0 spiro atoms. The first-order chi connectivity index (χ1) is 7.13. The lowest BCUT2D eigenvalue weighted by atomic mass is 9.94. The van der Waals surface area contributed by atoms with E-state index in [1.165, 1.54) is 19.3 Å². The summed E-state index contributed by atoms with van der Waals surface area (Å²) in [6.45, 7) is 5.44. The average molecular weight is 213 g/mol. The zero-order valence-corrected chi connectivity index (χ0v) is 9.61. The number of rotatable bonds is 5. The molecule has 0 aromatic carbocycles. The van der Waals surface area contributed by atoms with Crippen LogP contribution in [0, 0.1) is 5.92 Å². The monoisotopic (exact) mass is 213 g/mol. The molecule has 1 unspecified atom stereocenters. The van der Waals surface area contributed by atoms with Gasteiger partial charge in [0.15, 0.2) is 0 Å². The summed E-state index contributed by atoms with van der Waals surface area (Å²) in [7, 11) is 0. The summed E-state index contributed by atoms with van der Waals surface area (Å²) in [5.41, 5.74) is 10.7. The van der Waals surface area contributed by atoms with Crippen LogP contribution in [0.25, 0.3) is 0 Å². The van der Waals surface area contributed by atoms with E-state index in [-0.39, 0.29) is 0 Å². The smallest absolute Gasteiger partial charge is 0.234 e. The first-order valence-corrected chi connectivity index (χ1v) is 5.90. The minimum absolute atomic E-state index is 0.390. The molecule has 1 fully saturated rings. The molecule has 1 aliphatic rings. The van der Waals surface area contributed by atoms with Crippen molar-refractivity contribution in [1.82, 2.24) is 4.90 Å². The summed E-state index contributed by atoms with van der Waals surface area (Å²) in [6, 6.07) is -0.478. The lowest BCUT2D eigenvalue weighted by Crippen LogP contribution is -2.41. The highest BCUT2D eigenvalue weighted by atomic mass is 16.1. The maximum Gasteiger partial charge on any atom is 0.234 e. The van der Waals surface area contributed by atoms with Crippen LogP contribution >= 0.6 is 0 Å². The Balaban J connectivity index is 2.16. The van der Waals surface area contributed by atoms with Crippen molar-refractivity contribution in [3.8, 4) is 0 Å². The molecule has 1 amide bonds. The van der Waals surface area contributed by atoms with Crippen LogP contribution in [0.4, 0.5) is 0 Å². The first-order valence-electron chi connectivity index (χ1n) is 5.90. The minimum atomic E-state index is -0.478. The van der Waals surface area contributed by atoms with Gasteiger partial charge in [-0.25, -0.2) is 0 Å². The zero-order chi connectivity index (χ0) is 11.3. The molecular formula is C11H23N3O. The van der Waals surface area contributed by atoms with Crippen LogP contribution in [0.5, 0.6) is 0 Å². The number of piperidine rings is 1. The maximum atomic E-state index is 10.7. The van der Waals surface area contributed by atoms with E-state index < -0.39 is 11.9 Å². The van der Waals surface area contributed by atoms with Gasteiger partial charge in [0.2, 0.25) is 5.91 Å². The van der Waals surface area contributed by atoms with Crippen molar-refractivity contribution in [1.29, 1.82) is 0 Å². The summed E-state index contributed by atoms with van der Waals surface area (Å²) in [4.78, 5) is 13.1. The number of nitrogens with zero attached hydrogens (tertiary/aromatic N) is 1. The third kappa shape index (κ3) is 4.18.